The summed E-state index contributed by atoms with van der Waals surface area (Å²) in [6.45, 7) is 4.98. The Hall–Kier alpha value is -0.510. The molecule has 4 aliphatic carbocycles. The highest BCUT2D eigenvalue weighted by Gasteiger charge is 2.58. The largest absolute Gasteiger partial charge is 0.393 e. The summed E-state index contributed by atoms with van der Waals surface area (Å²) in [6.07, 6.45) is 10.1. The van der Waals surface area contributed by atoms with Crippen molar-refractivity contribution >= 4 is 0 Å². The molecule has 1 nitrogen and oxygen atoms in total. The van der Waals surface area contributed by atoms with Crippen molar-refractivity contribution in [1.29, 1.82) is 0 Å². The number of fused-ring (bicyclic) bond motifs is 5. The molecule has 0 spiro atoms. The highest BCUT2D eigenvalue weighted by atomic mass is 19.4. The summed E-state index contributed by atoms with van der Waals surface area (Å²) in [7, 11) is 0. The highest BCUT2D eigenvalue weighted by Crippen LogP contribution is 2.66. The highest BCUT2D eigenvalue weighted by molar-refractivity contribution is 5.25. The Morgan fingerprint density at radius 2 is 1.79 bits per heavy atom. The maximum atomic E-state index is 12.4. The topological polar surface area (TPSA) is 20.2 Å². The number of halogens is 3. The lowest BCUT2D eigenvalue weighted by Gasteiger charge is -2.58. The van der Waals surface area contributed by atoms with Crippen LogP contribution in [0.3, 0.4) is 0 Å². The number of hydrogen-bond acceptors (Lipinski definition) is 1. The maximum absolute atomic E-state index is 12.4. The number of aliphatic hydroxyl groups is 1. The van der Waals surface area contributed by atoms with Crippen LogP contribution >= 0.6 is 0 Å². The van der Waals surface area contributed by atoms with Gasteiger partial charge in [0.2, 0.25) is 0 Å². The Balaban J connectivity index is 1.38. The average molecular weight is 413 g/mol. The molecular weight excluding hydrogens is 373 g/mol. The van der Waals surface area contributed by atoms with Crippen LogP contribution < -0.4 is 0 Å². The molecule has 3 fully saturated rings. The Morgan fingerprint density at radius 1 is 1.00 bits per heavy atom. The minimum Gasteiger partial charge on any atom is -0.393 e. The van der Waals surface area contributed by atoms with E-state index in [1.807, 2.05) is 0 Å². The summed E-state index contributed by atoms with van der Waals surface area (Å²) < 4.78 is 37.1. The van der Waals surface area contributed by atoms with Gasteiger partial charge < -0.3 is 5.11 Å². The van der Waals surface area contributed by atoms with Gasteiger partial charge in [-0.2, -0.15) is 13.2 Å². The lowest BCUT2D eigenvalue weighted by molar-refractivity contribution is -0.135. The van der Waals surface area contributed by atoms with Crippen molar-refractivity contribution in [3.8, 4) is 0 Å². The van der Waals surface area contributed by atoms with Gasteiger partial charge in [-0.05, 0) is 98.7 Å². The van der Waals surface area contributed by atoms with Gasteiger partial charge in [-0.25, -0.2) is 0 Å². The summed E-state index contributed by atoms with van der Waals surface area (Å²) in [4.78, 5) is 0. The molecule has 0 heterocycles. The molecule has 4 heteroatoms. The van der Waals surface area contributed by atoms with Gasteiger partial charge in [-0.15, -0.1) is 0 Å². The van der Waals surface area contributed by atoms with E-state index in [4.69, 9.17) is 0 Å². The van der Waals surface area contributed by atoms with E-state index in [0.29, 0.717) is 23.2 Å². The van der Waals surface area contributed by atoms with Crippen LogP contribution in [0.2, 0.25) is 0 Å². The molecule has 0 aromatic rings. The molecule has 7 atom stereocenters. The molecule has 4 rings (SSSR count). The summed E-state index contributed by atoms with van der Waals surface area (Å²) in [5.74, 6) is 3.01. The minimum absolute atomic E-state index is 0.145. The Kier molecular flexibility index (Phi) is 5.90. The number of rotatable bonds is 5. The molecule has 166 valence electrons. The van der Waals surface area contributed by atoms with E-state index in [0.717, 1.165) is 56.3 Å². The summed E-state index contributed by atoms with van der Waals surface area (Å²) in [5, 5.41) is 10.1. The van der Waals surface area contributed by atoms with Crippen molar-refractivity contribution in [3.63, 3.8) is 0 Å². The van der Waals surface area contributed by atoms with Crippen LogP contribution in [0.5, 0.6) is 0 Å². The number of allylic oxidation sites excluding steroid dienone is 1. The summed E-state index contributed by atoms with van der Waals surface area (Å²) >= 11 is 0. The third kappa shape index (κ3) is 4.04. The van der Waals surface area contributed by atoms with Crippen LogP contribution in [0, 0.1) is 34.5 Å². The first-order chi connectivity index (χ1) is 13.6. The predicted octanol–water partition coefficient (Wildman–Crippen LogP) is 7.44. The second kappa shape index (κ2) is 7.88. The number of aliphatic hydroxyl groups excluding tert-OH is 1. The van der Waals surface area contributed by atoms with Gasteiger partial charge in [-0.1, -0.05) is 38.3 Å². The van der Waals surface area contributed by atoms with Crippen molar-refractivity contribution in [2.24, 2.45) is 34.5 Å². The average Bonchev–Trinajstić information content (AvgIpc) is 2.98. The third-order valence-corrected chi connectivity index (χ3v) is 9.79. The zero-order valence-electron chi connectivity index (χ0n) is 18.2. The van der Waals surface area contributed by atoms with Gasteiger partial charge in [0.25, 0.3) is 0 Å². The van der Waals surface area contributed by atoms with Crippen LogP contribution in [-0.4, -0.2) is 17.4 Å². The van der Waals surface area contributed by atoms with Crippen LogP contribution in [0.4, 0.5) is 13.2 Å². The fraction of sp³-hybridized carbons (Fsp3) is 0.920. The first-order valence-corrected chi connectivity index (χ1v) is 12.1. The summed E-state index contributed by atoms with van der Waals surface area (Å²) in [5.41, 5.74) is 2.21. The predicted molar refractivity (Wildman–Crippen MR) is 110 cm³/mol. The van der Waals surface area contributed by atoms with E-state index in [-0.39, 0.29) is 6.10 Å². The number of hydrogen-bond donors (Lipinski definition) is 1. The molecule has 0 bridgehead atoms. The third-order valence-electron chi connectivity index (χ3n) is 9.79. The second-order valence-corrected chi connectivity index (χ2v) is 11.2. The van der Waals surface area contributed by atoms with E-state index >= 15 is 0 Å². The second-order valence-electron chi connectivity index (χ2n) is 11.2. The normalized spacial score (nSPS) is 44.6. The van der Waals surface area contributed by atoms with E-state index in [1.165, 1.54) is 37.7 Å². The first kappa shape index (κ1) is 21.7. The van der Waals surface area contributed by atoms with Crippen LogP contribution in [-0.2, 0) is 0 Å². The van der Waals surface area contributed by atoms with Crippen LogP contribution in [0.1, 0.15) is 97.3 Å². The van der Waals surface area contributed by atoms with Gasteiger partial charge in [-0.3, -0.25) is 0 Å². The van der Waals surface area contributed by atoms with Gasteiger partial charge in [0, 0.05) is 6.42 Å². The van der Waals surface area contributed by atoms with Gasteiger partial charge in [0.15, 0.2) is 0 Å². The molecule has 1 N–H and O–H groups in total. The van der Waals surface area contributed by atoms with Gasteiger partial charge in [0.05, 0.1) is 6.10 Å². The zero-order chi connectivity index (χ0) is 20.9. The first-order valence-electron chi connectivity index (χ1n) is 12.1. The van der Waals surface area contributed by atoms with Gasteiger partial charge >= 0.3 is 6.18 Å². The van der Waals surface area contributed by atoms with E-state index < -0.39 is 12.6 Å². The molecule has 4 aliphatic rings. The van der Waals surface area contributed by atoms with Crippen molar-refractivity contribution in [1.82, 2.24) is 0 Å². The molecule has 3 saturated carbocycles. The molecule has 0 amide bonds. The van der Waals surface area contributed by atoms with Crippen molar-refractivity contribution < 1.29 is 18.3 Å². The van der Waals surface area contributed by atoms with E-state index in [2.05, 4.69) is 19.9 Å². The lowest BCUT2D eigenvalue weighted by Crippen LogP contribution is -2.50. The molecule has 29 heavy (non-hydrogen) atoms. The Labute approximate surface area is 174 Å². The maximum Gasteiger partial charge on any atom is 0.389 e. The van der Waals surface area contributed by atoms with Crippen LogP contribution in [0.25, 0.3) is 0 Å². The number of alkyl halides is 3. The van der Waals surface area contributed by atoms with Crippen LogP contribution in [0.15, 0.2) is 11.6 Å². The van der Waals surface area contributed by atoms with E-state index in [9.17, 15) is 18.3 Å². The molecule has 0 aliphatic heterocycles. The molecular formula is C25H39F3O. The monoisotopic (exact) mass is 412 g/mol. The zero-order valence-corrected chi connectivity index (χ0v) is 18.2. The Morgan fingerprint density at radius 3 is 2.55 bits per heavy atom. The smallest absolute Gasteiger partial charge is 0.389 e. The molecule has 0 aromatic heterocycles. The minimum atomic E-state index is -4.00. The number of unbranched alkanes of at least 4 members (excludes halogenated alkanes) is 2. The lowest BCUT2D eigenvalue weighted by atomic mass is 9.47. The molecule has 7 unspecified atom stereocenters. The fourth-order valence-corrected chi connectivity index (χ4v) is 8.12. The molecule has 0 saturated heterocycles. The Bertz CT molecular complexity index is 626. The van der Waals surface area contributed by atoms with Gasteiger partial charge in [0.1, 0.15) is 0 Å². The standard InChI is InChI=1S/C25H39F3O/c1-23-15-12-22-20(9-7-18-16-19(29)11-14-24(18,22)2)21(23)10-8-17(23)6-4-3-5-13-25(26,27)28/h7,17,19-22,29H,3-6,8-16H2,1-2H3. The van der Waals surface area contributed by atoms with Crippen molar-refractivity contribution in [3.05, 3.63) is 11.6 Å². The van der Waals surface area contributed by atoms with Crippen molar-refractivity contribution in [2.45, 2.75) is 110 Å². The summed E-state index contributed by atoms with van der Waals surface area (Å²) in [6, 6.07) is 0. The van der Waals surface area contributed by atoms with Crippen molar-refractivity contribution in [2.75, 3.05) is 0 Å². The fourth-order valence-electron chi connectivity index (χ4n) is 8.12. The quantitative estimate of drug-likeness (QED) is 0.367. The van der Waals surface area contributed by atoms with E-state index in [1.54, 1.807) is 0 Å². The molecule has 0 radical (unpaired) electrons. The SMILES string of the molecule is CC12CCC(O)CC1=CCC1C2CCC2(C)C(CCCCCC(F)(F)F)CCC12. The molecule has 0 aromatic carbocycles.